The molecule has 0 amide bonds. The second-order valence-corrected chi connectivity index (χ2v) is 7.42. The molecule has 3 heterocycles. The molecule has 0 radical (unpaired) electrons. The van der Waals surface area contributed by atoms with Crippen molar-refractivity contribution in [1.29, 1.82) is 0 Å². The summed E-state index contributed by atoms with van der Waals surface area (Å²) in [6, 6.07) is 6.20. The van der Waals surface area contributed by atoms with E-state index >= 15 is 0 Å². The number of hydrogen-bond donors (Lipinski definition) is 0. The molecule has 0 bridgehead atoms. The zero-order valence-corrected chi connectivity index (χ0v) is 17.2. The number of fused-ring (bicyclic) bond motifs is 3. The molecule has 1 aliphatic heterocycles. The Balaban J connectivity index is 1.70. The highest BCUT2D eigenvalue weighted by molar-refractivity contribution is 5.71. The molecule has 0 spiro atoms. The Kier molecular flexibility index (Phi) is 5.08. The number of methoxy groups -OCH3 is 1. The molecular formula is C21H25N5O3. The van der Waals surface area contributed by atoms with E-state index < -0.39 is 0 Å². The van der Waals surface area contributed by atoms with Gasteiger partial charge in [-0.15, -0.1) is 0 Å². The number of aromatic nitrogens is 5. The van der Waals surface area contributed by atoms with Gasteiger partial charge in [0.2, 0.25) is 0 Å². The fourth-order valence-electron chi connectivity index (χ4n) is 3.50. The zero-order valence-electron chi connectivity index (χ0n) is 17.2. The van der Waals surface area contributed by atoms with Crippen molar-refractivity contribution in [2.45, 2.75) is 46.2 Å². The van der Waals surface area contributed by atoms with Gasteiger partial charge in [0.05, 0.1) is 19.2 Å². The lowest BCUT2D eigenvalue weighted by molar-refractivity contribution is -0.140. The van der Waals surface area contributed by atoms with E-state index in [9.17, 15) is 4.79 Å². The third-order valence-electron chi connectivity index (χ3n) is 4.95. The Morgan fingerprint density at radius 2 is 2.10 bits per heavy atom. The summed E-state index contributed by atoms with van der Waals surface area (Å²) in [5, 5.41) is 4.50. The van der Waals surface area contributed by atoms with Crippen LogP contribution in [0.3, 0.4) is 0 Å². The molecule has 2 aromatic heterocycles. The molecule has 0 fully saturated rings. The Bertz CT molecular complexity index is 1050. The zero-order chi connectivity index (χ0) is 20.5. The minimum Gasteiger partial charge on any atom is -0.491 e. The summed E-state index contributed by atoms with van der Waals surface area (Å²) in [5.74, 6) is 2.92. The fourth-order valence-corrected chi connectivity index (χ4v) is 3.50. The second kappa shape index (κ2) is 7.69. The molecular weight excluding hydrogens is 370 g/mol. The Hall–Kier alpha value is -3.16. The van der Waals surface area contributed by atoms with Crippen LogP contribution in [0.1, 0.15) is 37.7 Å². The molecule has 0 N–H and O–H groups in total. The third-order valence-corrected chi connectivity index (χ3v) is 4.95. The van der Waals surface area contributed by atoms with Gasteiger partial charge in [-0.05, 0) is 44.9 Å². The lowest BCUT2D eigenvalue weighted by Gasteiger charge is -2.09. The molecule has 29 heavy (non-hydrogen) atoms. The van der Waals surface area contributed by atoms with E-state index in [1.165, 1.54) is 7.11 Å². The van der Waals surface area contributed by atoms with Gasteiger partial charge in [0.1, 0.15) is 29.7 Å². The first-order valence-electron chi connectivity index (χ1n) is 9.80. The van der Waals surface area contributed by atoms with Gasteiger partial charge in [0.25, 0.3) is 0 Å². The van der Waals surface area contributed by atoms with Crippen molar-refractivity contribution < 1.29 is 14.3 Å². The summed E-state index contributed by atoms with van der Waals surface area (Å²) in [6.45, 7) is 7.30. The quantitative estimate of drug-likeness (QED) is 0.617. The van der Waals surface area contributed by atoms with Crippen LogP contribution in [0.4, 0.5) is 0 Å². The average Bonchev–Trinajstić information content (AvgIpc) is 3.26. The van der Waals surface area contributed by atoms with Crippen LogP contribution in [0, 0.1) is 6.92 Å². The van der Waals surface area contributed by atoms with Crippen LogP contribution in [-0.4, -0.2) is 44.0 Å². The van der Waals surface area contributed by atoms with Gasteiger partial charge in [-0.1, -0.05) is 6.07 Å². The average molecular weight is 395 g/mol. The maximum Gasteiger partial charge on any atom is 0.305 e. The number of ether oxygens (including phenoxy) is 2. The number of nitrogens with zero attached hydrogens (tertiary/aromatic N) is 5. The molecule has 1 aromatic carbocycles. The van der Waals surface area contributed by atoms with Gasteiger partial charge in [0.15, 0.2) is 5.82 Å². The van der Waals surface area contributed by atoms with Gasteiger partial charge < -0.3 is 14.0 Å². The first-order valence-corrected chi connectivity index (χ1v) is 9.80. The smallest absolute Gasteiger partial charge is 0.305 e. The lowest BCUT2D eigenvalue weighted by Crippen LogP contribution is -2.06. The maximum atomic E-state index is 11.4. The van der Waals surface area contributed by atoms with E-state index in [4.69, 9.17) is 14.5 Å². The number of carbonyl (C=O) groups excluding carboxylic acids is 1. The number of esters is 1. The third kappa shape index (κ3) is 3.74. The predicted octanol–water partition coefficient (Wildman–Crippen LogP) is 3.20. The Labute approximate surface area is 169 Å². The minimum atomic E-state index is -0.217. The SMILES string of the molecule is COC(=O)CCc1ccc2c(c1)OCCn1cc(-c3nc(C)nn3C(C)C)nc1-2. The van der Waals surface area contributed by atoms with Gasteiger partial charge >= 0.3 is 5.97 Å². The number of imidazole rings is 1. The van der Waals surface area contributed by atoms with E-state index in [2.05, 4.69) is 28.5 Å². The number of rotatable bonds is 5. The summed E-state index contributed by atoms with van der Waals surface area (Å²) in [6.07, 6.45) is 2.97. The molecule has 0 saturated heterocycles. The largest absolute Gasteiger partial charge is 0.491 e. The van der Waals surface area contributed by atoms with Crippen molar-refractivity contribution in [3.05, 3.63) is 35.8 Å². The number of carbonyl (C=O) groups is 1. The Morgan fingerprint density at radius 3 is 2.86 bits per heavy atom. The molecule has 8 heteroatoms. The van der Waals surface area contributed by atoms with Gasteiger partial charge in [0, 0.05) is 18.7 Å². The predicted molar refractivity (Wildman–Crippen MR) is 108 cm³/mol. The summed E-state index contributed by atoms with van der Waals surface area (Å²) in [4.78, 5) is 20.9. The molecule has 0 unspecified atom stereocenters. The van der Waals surface area contributed by atoms with Crippen molar-refractivity contribution in [3.63, 3.8) is 0 Å². The molecule has 8 nitrogen and oxygen atoms in total. The first kappa shape index (κ1) is 19.2. The normalized spacial score (nSPS) is 12.9. The van der Waals surface area contributed by atoms with Crippen LogP contribution in [0.15, 0.2) is 24.4 Å². The lowest BCUT2D eigenvalue weighted by atomic mass is 10.1. The summed E-state index contributed by atoms with van der Waals surface area (Å²) >= 11 is 0. The summed E-state index contributed by atoms with van der Waals surface area (Å²) in [5.41, 5.74) is 2.77. The van der Waals surface area contributed by atoms with Gasteiger partial charge in [-0.2, -0.15) is 5.10 Å². The van der Waals surface area contributed by atoms with Gasteiger partial charge in [-0.3, -0.25) is 4.79 Å². The molecule has 0 saturated carbocycles. The molecule has 0 aliphatic carbocycles. The van der Waals surface area contributed by atoms with Crippen LogP contribution in [-0.2, 0) is 22.5 Å². The van der Waals surface area contributed by atoms with E-state index in [0.29, 0.717) is 26.0 Å². The summed E-state index contributed by atoms with van der Waals surface area (Å²) in [7, 11) is 1.40. The van der Waals surface area contributed by atoms with Crippen LogP contribution in [0.25, 0.3) is 22.9 Å². The van der Waals surface area contributed by atoms with Crippen molar-refractivity contribution >= 4 is 5.97 Å². The number of hydrogen-bond acceptors (Lipinski definition) is 6. The van der Waals surface area contributed by atoms with Crippen LogP contribution in [0.5, 0.6) is 5.75 Å². The van der Waals surface area contributed by atoms with Crippen LogP contribution >= 0.6 is 0 Å². The molecule has 3 aromatic rings. The topological polar surface area (TPSA) is 84.1 Å². The second-order valence-electron chi connectivity index (χ2n) is 7.42. The van der Waals surface area contributed by atoms with E-state index in [0.717, 1.165) is 40.0 Å². The van der Waals surface area contributed by atoms with Crippen molar-refractivity contribution in [2.24, 2.45) is 0 Å². The van der Waals surface area contributed by atoms with Crippen molar-refractivity contribution in [1.82, 2.24) is 24.3 Å². The van der Waals surface area contributed by atoms with Gasteiger partial charge in [-0.25, -0.2) is 14.6 Å². The standard InChI is InChI=1S/C21H25N5O3/c1-13(2)26-21(22-14(3)24-26)17-12-25-9-10-29-18-11-15(6-8-19(27)28-4)5-7-16(18)20(25)23-17/h5,7,11-13H,6,8-10H2,1-4H3. The number of aryl methyl sites for hydroxylation is 2. The number of benzene rings is 1. The van der Waals surface area contributed by atoms with Crippen molar-refractivity contribution in [3.8, 4) is 28.7 Å². The van der Waals surface area contributed by atoms with Crippen LogP contribution in [0.2, 0.25) is 0 Å². The molecule has 1 aliphatic rings. The minimum absolute atomic E-state index is 0.195. The Morgan fingerprint density at radius 1 is 1.28 bits per heavy atom. The molecule has 152 valence electrons. The highest BCUT2D eigenvalue weighted by Crippen LogP contribution is 2.34. The van der Waals surface area contributed by atoms with E-state index in [-0.39, 0.29) is 12.0 Å². The first-order chi connectivity index (χ1) is 14.0. The highest BCUT2D eigenvalue weighted by atomic mass is 16.5. The molecule has 0 atom stereocenters. The maximum absolute atomic E-state index is 11.4. The molecule has 4 rings (SSSR count). The van der Waals surface area contributed by atoms with E-state index in [1.54, 1.807) is 0 Å². The van der Waals surface area contributed by atoms with E-state index in [1.807, 2.05) is 36.0 Å². The fraction of sp³-hybridized carbons (Fsp3) is 0.429. The monoisotopic (exact) mass is 395 g/mol. The highest BCUT2D eigenvalue weighted by Gasteiger charge is 2.22. The summed E-state index contributed by atoms with van der Waals surface area (Å²) < 4.78 is 14.7. The van der Waals surface area contributed by atoms with Crippen LogP contribution < -0.4 is 4.74 Å². The van der Waals surface area contributed by atoms with Crippen molar-refractivity contribution in [2.75, 3.05) is 13.7 Å².